The number of hydrogen-bond acceptors (Lipinski definition) is 3. The average molecular weight is 254 g/mol. The average Bonchev–Trinajstić information content (AvgIpc) is 2.76. The molecule has 1 fully saturated rings. The quantitative estimate of drug-likeness (QED) is 0.843. The predicted octanol–water partition coefficient (Wildman–Crippen LogP) is 2.65. The van der Waals surface area contributed by atoms with Gasteiger partial charge in [-0.05, 0) is 30.5 Å². The van der Waals surface area contributed by atoms with Crippen LogP contribution in [0.2, 0.25) is 5.02 Å². The maximum atomic E-state index is 11.8. The molecule has 3 nitrogen and oxygen atoms in total. The SMILES string of the molecule is NC1(C(=O)OCc2ccc(Cl)cc2)CCCC1. The van der Waals surface area contributed by atoms with E-state index in [0.717, 1.165) is 31.2 Å². The first-order valence-corrected chi connectivity index (χ1v) is 6.18. The molecule has 1 aromatic rings. The van der Waals surface area contributed by atoms with Crippen LogP contribution in [0.4, 0.5) is 0 Å². The number of carbonyl (C=O) groups is 1. The molecule has 2 N–H and O–H groups in total. The van der Waals surface area contributed by atoms with E-state index in [1.54, 1.807) is 12.1 Å². The summed E-state index contributed by atoms with van der Waals surface area (Å²) in [7, 11) is 0. The normalized spacial score (nSPS) is 18.0. The highest BCUT2D eigenvalue weighted by Crippen LogP contribution is 2.28. The van der Waals surface area contributed by atoms with Gasteiger partial charge in [-0.1, -0.05) is 36.6 Å². The molecule has 17 heavy (non-hydrogen) atoms. The van der Waals surface area contributed by atoms with Crippen LogP contribution >= 0.6 is 11.6 Å². The molecule has 0 amide bonds. The standard InChI is InChI=1S/C13H16ClNO2/c14-11-5-3-10(4-6-11)9-17-12(16)13(15)7-1-2-8-13/h3-6H,1-2,7-9,15H2. The van der Waals surface area contributed by atoms with Crippen molar-refractivity contribution >= 4 is 17.6 Å². The second-order valence-corrected chi connectivity index (χ2v) is 5.00. The van der Waals surface area contributed by atoms with Crippen LogP contribution in [-0.4, -0.2) is 11.5 Å². The van der Waals surface area contributed by atoms with E-state index in [0.29, 0.717) is 5.02 Å². The van der Waals surface area contributed by atoms with E-state index in [2.05, 4.69) is 0 Å². The molecule has 1 aromatic carbocycles. The summed E-state index contributed by atoms with van der Waals surface area (Å²) in [5.74, 6) is -0.287. The van der Waals surface area contributed by atoms with Gasteiger partial charge >= 0.3 is 5.97 Å². The number of rotatable bonds is 3. The van der Waals surface area contributed by atoms with Crippen LogP contribution in [0.15, 0.2) is 24.3 Å². The fourth-order valence-electron chi connectivity index (χ4n) is 2.08. The highest BCUT2D eigenvalue weighted by atomic mass is 35.5. The minimum absolute atomic E-state index is 0.259. The zero-order valence-corrected chi connectivity index (χ0v) is 10.4. The lowest BCUT2D eigenvalue weighted by Gasteiger charge is -2.21. The van der Waals surface area contributed by atoms with Crippen LogP contribution in [0, 0.1) is 0 Å². The van der Waals surface area contributed by atoms with Crippen molar-refractivity contribution in [1.29, 1.82) is 0 Å². The van der Waals surface area contributed by atoms with E-state index in [1.807, 2.05) is 12.1 Å². The van der Waals surface area contributed by atoms with Crippen LogP contribution in [0.25, 0.3) is 0 Å². The number of esters is 1. The lowest BCUT2D eigenvalue weighted by atomic mass is 10.00. The molecular weight excluding hydrogens is 238 g/mol. The van der Waals surface area contributed by atoms with Gasteiger partial charge in [0.15, 0.2) is 0 Å². The minimum atomic E-state index is -0.758. The molecule has 0 heterocycles. The lowest BCUT2D eigenvalue weighted by molar-refractivity contribution is -0.151. The first-order chi connectivity index (χ1) is 8.10. The predicted molar refractivity (Wildman–Crippen MR) is 66.6 cm³/mol. The summed E-state index contributed by atoms with van der Waals surface area (Å²) in [4.78, 5) is 11.8. The summed E-state index contributed by atoms with van der Waals surface area (Å²) in [6.45, 7) is 0.259. The topological polar surface area (TPSA) is 52.3 Å². The summed E-state index contributed by atoms with van der Waals surface area (Å²) in [6.07, 6.45) is 3.47. The Bertz CT molecular complexity index is 396. The first-order valence-electron chi connectivity index (χ1n) is 5.81. The van der Waals surface area contributed by atoms with Crippen molar-refractivity contribution in [3.8, 4) is 0 Å². The van der Waals surface area contributed by atoms with E-state index in [4.69, 9.17) is 22.1 Å². The third kappa shape index (κ3) is 2.99. The van der Waals surface area contributed by atoms with Crippen molar-refractivity contribution in [2.75, 3.05) is 0 Å². The molecule has 2 rings (SSSR count). The third-order valence-electron chi connectivity index (χ3n) is 3.19. The number of ether oxygens (including phenoxy) is 1. The summed E-state index contributed by atoms with van der Waals surface area (Å²) < 4.78 is 5.25. The zero-order chi connectivity index (χ0) is 12.3. The molecular formula is C13H16ClNO2. The van der Waals surface area contributed by atoms with Gasteiger partial charge in [0.05, 0.1) is 0 Å². The Kier molecular flexibility index (Phi) is 3.69. The largest absolute Gasteiger partial charge is 0.459 e. The number of hydrogen-bond donors (Lipinski definition) is 1. The van der Waals surface area contributed by atoms with Crippen LogP contribution in [0.1, 0.15) is 31.2 Å². The summed E-state index contributed by atoms with van der Waals surface area (Å²) in [5.41, 5.74) is 6.16. The van der Waals surface area contributed by atoms with Gasteiger partial charge in [-0.25, -0.2) is 0 Å². The van der Waals surface area contributed by atoms with E-state index in [9.17, 15) is 4.79 Å². The number of benzene rings is 1. The van der Waals surface area contributed by atoms with Gasteiger partial charge in [0.2, 0.25) is 0 Å². The van der Waals surface area contributed by atoms with Crippen LogP contribution in [-0.2, 0) is 16.1 Å². The molecule has 0 bridgehead atoms. The van der Waals surface area contributed by atoms with Crippen molar-refractivity contribution in [2.24, 2.45) is 5.73 Å². The minimum Gasteiger partial charge on any atom is -0.459 e. The summed E-state index contributed by atoms with van der Waals surface area (Å²) >= 11 is 5.77. The fraction of sp³-hybridized carbons (Fsp3) is 0.462. The third-order valence-corrected chi connectivity index (χ3v) is 3.44. The van der Waals surface area contributed by atoms with Gasteiger partial charge in [0.1, 0.15) is 12.1 Å². The number of nitrogens with two attached hydrogens (primary N) is 1. The van der Waals surface area contributed by atoms with Gasteiger partial charge in [-0.2, -0.15) is 0 Å². The van der Waals surface area contributed by atoms with Gasteiger partial charge < -0.3 is 10.5 Å². The molecule has 4 heteroatoms. The van der Waals surface area contributed by atoms with Crippen molar-refractivity contribution in [3.63, 3.8) is 0 Å². The van der Waals surface area contributed by atoms with Crippen molar-refractivity contribution < 1.29 is 9.53 Å². The molecule has 0 atom stereocenters. The van der Waals surface area contributed by atoms with Gasteiger partial charge in [-0.3, -0.25) is 4.79 Å². The highest BCUT2D eigenvalue weighted by molar-refractivity contribution is 6.30. The molecule has 1 aliphatic rings. The molecule has 0 saturated heterocycles. The van der Waals surface area contributed by atoms with E-state index >= 15 is 0 Å². The summed E-state index contributed by atoms with van der Waals surface area (Å²) in [6, 6.07) is 7.23. The number of halogens is 1. The van der Waals surface area contributed by atoms with Crippen molar-refractivity contribution in [1.82, 2.24) is 0 Å². The first kappa shape index (κ1) is 12.4. The number of carbonyl (C=O) groups excluding carboxylic acids is 1. The Labute approximate surface area is 106 Å². The molecule has 0 aromatic heterocycles. The molecule has 0 aliphatic heterocycles. The molecule has 0 radical (unpaired) electrons. The van der Waals surface area contributed by atoms with Crippen molar-refractivity contribution in [2.45, 2.75) is 37.8 Å². The second-order valence-electron chi connectivity index (χ2n) is 4.57. The maximum Gasteiger partial charge on any atom is 0.326 e. The Morgan fingerprint density at radius 3 is 2.47 bits per heavy atom. The Hall–Kier alpha value is -1.06. The van der Waals surface area contributed by atoms with E-state index < -0.39 is 5.54 Å². The van der Waals surface area contributed by atoms with Gasteiger partial charge in [0.25, 0.3) is 0 Å². The smallest absolute Gasteiger partial charge is 0.326 e. The Morgan fingerprint density at radius 2 is 1.88 bits per heavy atom. The second kappa shape index (κ2) is 5.07. The van der Waals surface area contributed by atoms with Gasteiger partial charge in [0, 0.05) is 5.02 Å². The van der Waals surface area contributed by atoms with Crippen LogP contribution in [0.5, 0.6) is 0 Å². The molecule has 92 valence electrons. The zero-order valence-electron chi connectivity index (χ0n) is 9.62. The van der Waals surface area contributed by atoms with Crippen LogP contribution in [0.3, 0.4) is 0 Å². The van der Waals surface area contributed by atoms with Crippen molar-refractivity contribution in [3.05, 3.63) is 34.9 Å². The lowest BCUT2D eigenvalue weighted by Crippen LogP contribution is -2.46. The molecule has 1 saturated carbocycles. The van der Waals surface area contributed by atoms with Crippen LogP contribution < -0.4 is 5.73 Å². The van der Waals surface area contributed by atoms with E-state index in [-0.39, 0.29) is 12.6 Å². The molecule has 0 spiro atoms. The highest BCUT2D eigenvalue weighted by Gasteiger charge is 2.38. The molecule has 0 unspecified atom stereocenters. The fourth-order valence-corrected chi connectivity index (χ4v) is 2.21. The Morgan fingerprint density at radius 1 is 1.29 bits per heavy atom. The molecule has 1 aliphatic carbocycles. The summed E-state index contributed by atoms with van der Waals surface area (Å²) in [5, 5.41) is 0.672. The monoisotopic (exact) mass is 253 g/mol. The van der Waals surface area contributed by atoms with E-state index in [1.165, 1.54) is 0 Å². The van der Waals surface area contributed by atoms with Gasteiger partial charge in [-0.15, -0.1) is 0 Å². The Balaban J connectivity index is 1.89. The maximum absolute atomic E-state index is 11.8.